The van der Waals surface area contributed by atoms with Crippen molar-refractivity contribution in [2.75, 3.05) is 19.5 Å². The van der Waals surface area contributed by atoms with Crippen molar-refractivity contribution in [2.45, 2.75) is 6.54 Å². The highest BCUT2D eigenvalue weighted by Gasteiger charge is 2.08. The summed E-state index contributed by atoms with van der Waals surface area (Å²) in [6.07, 6.45) is 0. The molecule has 2 aromatic carbocycles. The molecular weight excluding hydrogens is 325 g/mol. The molecule has 20 heavy (non-hydrogen) atoms. The van der Waals surface area contributed by atoms with Gasteiger partial charge < -0.3 is 14.8 Å². The van der Waals surface area contributed by atoms with Crippen LogP contribution >= 0.6 is 15.9 Å². The molecule has 0 aliphatic carbocycles. The summed E-state index contributed by atoms with van der Waals surface area (Å²) in [6.45, 7) is 0.377. The lowest BCUT2D eigenvalue weighted by atomic mass is 10.2. The van der Waals surface area contributed by atoms with E-state index >= 15 is 0 Å². The first-order valence-corrected chi connectivity index (χ1v) is 6.83. The molecule has 2 rings (SSSR count). The number of benzene rings is 2. The van der Waals surface area contributed by atoms with Crippen molar-refractivity contribution in [3.8, 4) is 11.5 Å². The predicted molar refractivity (Wildman–Crippen MR) is 81.0 cm³/mol. The van der Waals surface area contributed by atoms with Gasteiger partial charge in [0.2, 0.25) is 0 Å². The second-order valence-electron chi connectivity index (χ2n) is 4.14. The van der Waals surface area contributed by atoms with Gasteiger partial charge in [-0.05, 0) is 40.2 Å². The third-order valence-corrected chi connectivity index (χ3v) is 3.52. The second kappa shape index (κ2) is 6.61. The number of methoxy groups -OCH3 is 2. The molecule has 3 nitrogen and oxygen atoms in total. The van der Waals surface area contributed by atoms with Gasteiger partial charge in [-0.1, -0.05) is 12.1 Å². The molecule has 0 heterocycles. The van der Waals surface area contributed by atoms with E-state index in [1.54, 1.807) is 25.3 Å². The van der Waals surface area contributed by atoms with Crippen molar-refractivity contribution in [3.63, 3.8) is 0 Å². The molecule has 0 aliphatic heterocycles. The largest absolute Gasteiger partial charge is 0.496 e. The smallest absolute Gasteiger partial charge is 0.170 e. The molecule has 0 atom stereocenters. The number of ether oxygens (including phenoxy) is 2. The van der Waals surface area contributed by atoms with Gasteiger partial charge in [0.25, 0.3) is 0 Å². The minimum absolute atomic E-state index is 0.250. The molecule has 2 aromatic rings. The van der Waals surface area contributed by atoms with Crippen LogP contribution in [0.5, 0.6) is 11.5 Å². The van der Waals surface area contributed by atoms with Gasteiger partial charge >= 0.3 is 0 Å². The summed E-state index contributed by atoms with van der Waals surface area (Å²) in [5.41, 5.74) is 1.43. The van der Waals surface area contributed by atoms with Gasteiger partial charge in [-0.3, -0.25) is 0 Å². The van der Waals surface area contributed by atoms with Crippen LogP contribution in [0.2, 0.25) is 0 Å². The van der Waals surface area contributed by atoms with E-state index in [1.807, 2.05) is 18.2 Å². The fourth-order valence-corrected chi connectivity index (χ4v) is 2.36. The second-order valence-corrected chi connectivity index (χ2v) is 4.99. The Balaban J connectivity index is 2.11. The van der Waals surface area contributed by atoms with E-state index in [9.17, 15) is 4.39 Å². The average molecular weight is 340 g/mol. The molecule has 0 saturated heterocycles. The minimum atomic E-state index is -0.338. The van der Waals surface area contributed by atoms with Crippen LogP contribution in [-0.4, -0.2) is 14.2 Å². The van der Waals surface area contributed by atoms with E-state index < -0.39 is 0 Å². The van der Waals surface area contributed by atoms with Crippen molar-refractivity contribution < 1.29 is 13.9 Å². The summed E-state index contributed by atoms with van der Waals surface area (Å²) < 4.78 is 24.9. The number of rotatable bonds is 5. The summed E-state index contributed by atoms with van der Waals surface area (Å²) in [6, 6.07) is 10.7. The Kier molecular flexibility index (Phi) is 4.84. The highest BCUT2D eigenvalue weighted by molar-refractivity contribution is 9.10. The standard InChI is InChI=1S/C15H15BrFNO2/c1-19-13-7-6-11(8-12(13)16)18-9-10-4-3-5-14(20-2)15(10)17/h3-8,18H,9H2,1-2H3. The molecule has 0 amide bonds. The number of halogens is 2. The Bertz CT molecular complexity index is 604. The first-order chi connectivity index (χ1) is 9.65. The van der Waals surface area contributed by atoms with E-state index in [0.29, 0.717) is 12.1 Å². The Morgan fingerprint density at radius 1 is 1.10 bits per heavy atom. The Labute approximate surface area is 125 Å². The van der Waals surface area contributed by atoms with Crippen LogP contribution in [0.1, 0.15) is 5.56 Å². The predicted octanol–water partition coefficient (Wildman–Crippen LogP) is 4.22. The minimum Gasteiger partial charge on any atom is -0.496 e. The quantitative estimate of drug-likeness (QED) is 0.884. The van der Waals surface area contributed by atoms with Crippen molar-refractivity contribution in [3.05, 3.63) is 52.3 Å². The Morgan fingerprint density at radius 3 is 2.50 bits per heavy atom. The van der Waals surface area contributed by atoms with E-state index in [4.69, 9.17) is 9.47 Å². The maximum atomic E-state index is 14.0. The summed E-state index contributed by atoms with van der Waals surface area (Å²) in [7, 11) is 3.06. The number of anilines is 1. The normalized spacial score (nSPS) is 10.2. The maximum Gasteiger partial charge on any atom is 0.170 e. The Hall–Kier alpha value is -1.75. The van der Waals surface area contributed by atoms with Crippen molar-refractivity contribution in [1.82, 2.24) is 0 Å². The van der Waals surface area contributed by atoms with Gasteiger partial charge in [0, 0.05) is 17.8 Å². The first kappa shape index (κ1) is 14.7. The van der Waals surface area contributed by atoms with Crippen LogP contribution in [0, 0.1) is 5.82 Å². The third-order valence-electron chi connectivity index (χ3n) is 2.90. The summed E-state index contributed by atoms with van der Waals surface area (Å²) in [5, 5.41) is 3.16. The van der Waals surface area contributed by atoms with Crippen LogP contribution < -0.4 is 14.8 Å². The summed E-state index contributed by atoms with van der Waals surface area (Å²) >= 11 is 3.41. The molecule has 0 unspecified atom stereocenters. The molecular formula is C15H15BrFNO2. The number of hydrogen-bond donors (Lipinski definition) is 1. The fourth-order valence-electron chi connectivity index (χ4n) is 1.82. The molecule has 5 heteroatoms. The fraction of sp³-hybridized carbons (Fsp3) is 0.200. The highest BCUT2D eigenvalue weighted by Crippen LogP contribution is 2.28. The zero-order valence-electron chi connectivity index (χ0n) is 11.2. The third kappa shape index (κ3) is 3.22. The van der Waals surface area contributed by atoms with Gasteiger partial charge in [-0.2, -0.15) is 0 Å². The summed E-state index contributed by atoms with van der Waals surface area (Å²) in [4.78, 5) is 0. The lowest BCUT2D eigenvalue weighted by Gasteiger charge is -2.11. The van der Waals surface area contributed by atoms with Gasteiger partial charge in [0.15, 0.2) is 11.6 Å². The monoisotopic (exact) mass is 339 g/mol. The molecule has 1 N–H and O–H groups in total. The molecule has 0 saturated carbocycles. The topological polar surface area (TPSA) is 30.5 Å². The molecule has 106 valence electrons. The average Bonchev–Trinajstić information content (AvgIpc) is 2.46. The van der Waals surface area contributed by atoms with Crippen LogP contribution in [-0.2, 0) is 6.54 Å². The van der Waals surface area contributed by atoms with Crippen LogP contribution in [0.3, 0.4) is 0 Å². The Morgan fingerprint density at radius 2 is 1.85 bits per heavy atom. The lowest BCUT2D eigenvalue weighted by Crippen LogP contribution is -2.03. The SMILES string of the molecule is COc1ccc(NCc2cccc(OC)c2F)cc1Br. The first-order valence-electron chi connectivity index (χ1n) is 6.04. The molecule has 0 bridgehead atoms. The summed E-state index contributed by atoms with van der Waals surface area (Å²) in [5.74, 6) is 0.665. The van der Waals surface area contributed by atoms with Crippen LogP contribution in [0.25, 0.3) is 0 Å². The van der Waals surface area contributed by atoms with Crippen LogP contribution in [0.4, 0.5) is 10.1 Å². The lowest BCUT2D eigenvalue weighted by molar-refractivity contribution is 0.384. The van der Waals surface area contributed by atoms with Crippen molar-refractivity contribution in [2.24, 2.45) is 0 Å². The van der Waals surface area contributed by atoms with Crippen LogP contribution in [0.15, 0.2) is 40.9 Å². The molecule has 0 spiro atoms. The van der Waals surface area contributed by atoms with Gasteiger partial charge in [0.1, 0.15) is 5.75 Å². The van der Waals surface area contributed by atoms with E-state index in [2.05, 4.69) is 21.2 Å². The van der Waals surface area contributed by atoms with Gasteiger partial charge in [0.05, 0.1) is 18.7 Å². The highest BCUT2D eigenvalue weighted by atomic mass is 79.9. The maximum absolute atomic E-state index is 14.0. The molecule has 0 radical (unpaired) electrons. The number of nitrogens with one attached hydrogen (secondary N) is 1. The molecule has 0 aliphatic rings. The zero-order valence-corrected chi connectivity index (χ0v) is 12.8. The van der Waals surface area contributed by atoms with E-state index in [0.717, 1.165) is 15.9 Å². The van der Waals surface area contributed by atoms with Crippen molar-refractivity contribution >= 4 is 21.6 Å². The zero-order chi connectivity index (χ0) is 14.5. The van der Waals surface area contributed by atoms with E-state index in [-0.39, 0.29) is 11.6 Å². The molecule has 0 aromatic heterocycles. The van der Waals surface area contributed by atoms with Gasteiger partial charge in [-0.15, -0.1) is 0 Å². The van der Waals surface area contributed by atoms with Gasteiger partial charge in [-0.25, -0.2) is 4.39 Å². The van der Waals surface area contributed by atoms with Crippen molar-refractivity contribution in [1.29, 1.82) is 0 Å². The number of hydrogen-bond acceptors (Lipinski definition) is 3. The molecule has 0 fully saturated rings. The van der Waals surface area contributed by atoms with E-state index in [1.165, 1.54) is 7.11 Å².